The first-order valence-electron chi connectivity index (χ1n) is 9.45. The van der Waals surface area contributed by atoms with Crippen LogP contribution in [0.25, 0.3) is 0 Å². The molecule has 0 saturated carbocycles. The minimum absolute atomic E-state index is 0.146. The fourth-order valence-corrected chi connectivity index (χ4v) is 3.31. The highest BCUT2D eigenvalue weighted by Gasteiger charge is 2.30. The van der Waals surface area contributed by atoms with E-state index in [1.165, 1.54) is 0 Å². The van der Waals surface area contributed by atoms with Gasteiger partial charge >= 0.3 is 5.97 Å². The van der Waals surface area contributed by atoms with Crippen molar-refractivity contribution in [2.75, 3.05) is 11.9 Å². The second-order valence-electron chi connectivity index (χ2n) is 6.74. The molecular formula is C24H24ClNO3. The highest BCUT2D eigenvalue weighted by molar-refractivity contribution is 6.22. The van der Waals surface area contributed by atoms with Crippen molar-refractivity contribution in [2.24, 2.45) is 0 Å². The summed E-state index contributed by atoms with van der Waals surface area (Å²) in [6.07, 6.45) is 0. The van der Waals surface area contributed by atoms with E-state index in [4.69, 9.17) is 21.1 Å². The molecule has 5 heteroatoms. The summed E-state index contributed by atoms with van der Waals surface area (Å²) in [6, 6.07) is 26.1. The molecule has 0 aliphatic rings. The third-order valence-electron chi connectivity index (χ3n) is 4.52. The van der Waals surface area contributed by atoms with E-state index in [1.54, 1.807) is 6.92 Å². The molecule has 0 fully saturated rings. The lowest BCUT2D eigenvalue weighted by atomic mass is 10.1. The molecule has 0 aromatic heterocycles. The first-order chi connectivity index (χ1) is 14.0. The number of carbonyl (C=O) groups excluding carboxylic acids is 1. The number of alkyl halides is 1. The van der Waals surface area contributed by atoms with Crippen LogP contribution in [0.5, 0.6) is 11.5 Å². The Hall–Kier alpha value is -2.98. The quantitative estimate of drug-likeness (QED) is 0.355. The summed E-state index contributed by atoms with van der Waals surface area (Å²) < 4.78 is 11.4. The zero-order valence-electron chi connectivity index (χ0n) is 16.5. The summed E-state index contributed by atoms with van der Waals surface area (Å²) in [5.74, 6) is 1.07. The van der Waals surface area contributed by atoms with Crippen molar-refractivity contribution >= 4 is 23.3 Å². The van der Waals surface area contributed by atoms with Gasteiger partial charge in [-0.25, -0.2) is 4.79 Å². The number of hydrogen-bond acceptors (Lipinski definition) is 4. The Morgan fingerprint density at radius 1 is 0.931 bits per heavy atom. The topological polar surface area (TPSA) is 38.8 Å². The summed E-state index contributed by atoms with van der Waals surface area (Å²) in [4.78, 5) is 14.6. The molecule has 150 valence electrons. The fraction of sp³-hybridized carbons (Fsp3) is 0.208. The van der Waals surface area contributed by atoms with E-state index in [-0.39, 0.29) is 12.6 Å². The highest BCUT2D eigenvalue weighted by Crippen LogP contribution is 2.23. The molecule has 3 rings (SSSR count). The molecule has 0 saturated heterocycles. The van der Waals surface area contributed by atoms with Gasteiger partial charge in [0.05, 0.1) is 5.38 Å². The van der Waals surface area contributed by atoms with Crippen molar-refractivity contribution in [3.05, 3.63) is 90.5 Å². The summed E-state index contributed by atoms with van der Waals surface area (Å²) in [7, 11) is 1.84. The molecule has 3 aromatic rings. The Morgan fingerprint density at radius 3 is 2.21 bits per heavy atom. The maximum absolute atomic E-state index is 12.8. The third-order valence-corrected chi connectivity index (χ3v) is 4.75. The van der Waals surface area contributed by atoms with Crippen molar-refractivity contribution in [1.29, 1.82) is 0 Å². The number of esters is 1. The maximum atomic E-state index is 12.8. The van der Waals surface area contributed by atoms with Crippen LogP contribution in [0.1, 0.15) is 12.5 Å². The molecule has 0 aliphatic carbocycles. The molecule has 0 N–H and O–H groups in total. The van der Waals surface area contributed by atoms with Gasteiger partial charge in [-0.2, -0.15) is 0 Å². The Morgan fingerprint density at radius 2 is 1.55 bits per heavy atom. The van der Waals surface area contributed by atoms with Gasteiger partial charge in [0.25, 0.3) is 0 Å². The molecule has 2 atom stereocenters. The average Bonchev–Trinajstić information content (AvgIpc) is 2.74. The lowest BCUT2D eigenvalue weighted by Crippen LogP contribution is -2.45. The van der Waals surface area contributed by atoms with Gasteiger partial charge in [-0.3, -0.25) is 0 Å². The smallest absolute Gasteiger partial charge is 0.330 e. The van der Waals surface area contributed by atoms with Gasteiger partial charge in [0.1, 0.15) is 24.1 Å². The number of rotatable bonds is 8. The number of para-hydroxylation sites is 2. The maximum Gasteiger partial charge on any atom is 0.330 e. The number of benzene rings is 3. The molecule has 3 aromatic carbocycles. The van der Waals surface area contributed by atoms with Crippen molar-refractivity contribution in [3.63, 3.8) is 0 Å². The van der Waals surface area contributed by atoms with Gasteiger partial charge in [-0.1, -0.05) is 48.5 Å². The Bertz CT molecular complexity index is 916. The number of nitrogens with zero attached hydrogens (tertiary/aromatic N) is 1. The monoisotopic (exact) mass is 409 g/mol. The van der Waals surface area contributed by atoms with Crippen LogP contribution < -0.4 is 9.64 Å². The van der Waals surface area contributed by atoms with Gasteiger partial charge in [-0.15, -0.1) is 11.6 Å². The lowest BCUT2D eigenvalue weighted by Gasteiger charge is -2.30. The summed E-state index contributed by atoms with van der Waals surface area (Å²) >= 11 is 6.32. The molecule has 0 spiro atoms. The van der Waals surface area contributed by atoms with Crippen LogP contribution >= 0.6 is 11.6 Å². The average molecular weight is 410 g/mol. The van der Waals surface area contributed by atoms with Crippen molar-refractivity contribution in [1.82, 2.24) is 0 Å². The molecule has 29 heavy (non-hydrogen) atoms. The number of ether oxygens (including phenoxy) is 2. The van der Waals surface area contributed by atoms with E-state index in [0.29, 0.717) is 5.75 Å². The van der Waals surface area contributed by atoms with Gasteiger partial charge in [0.15, 0.2) is 0 Å². The summed E-state index contributed by atoms with van der Waals surface area (Å²) in [6.45, 7) is 1.94. The first-order valence-corrected chi connectivity index (χ1v) is 9.88. The van der Waals surface area contributed by atoms with E-state index in [1.807, 2.05) is 96.9 Å². The van der Waals surface area contributed by atoms with E-state index in [0.717, 1.165) is 17.0 Å². The number of halogens is 1. The minimum atomic E-state index is -0.595. The number of hydrogen-bond donors (Lipinski definition) is 0. The van der Waals surface area contributed by atoms with Crippen LogP contribution in [-0.4, -0.2) is 24.4 Å². The molecule has 0 aliphatic heterocycles. The SMILES string of the molecule is CC(Cl)C(C(=O)OCc1cccc(Oc2ccccc2)c1)N(C)c1ccccc1. The van der Waals surface area contributed by atoms with Crippen LogP contribution in [0.2, 0.25) is 0 Å². The standard InChI is InChI=1S/C24H24ClNO3/c1-18(25)23(26(2)20-11-5-3-6-12-20)24(27)28-17-19-10-9-15-22(16-19)29-21-13-7-4-8-14-21/h3-16,18,23H,17H2,1-2H3. The first kappa shape index (κ1) is 20.7. The number of anilines is 1. The molecule has 2 unspecified atom stereocenters. The zero-order chi connectivity index (χ0) is 20.6. The third kappa shape index (κ3) is 5.75. The molecular weight excluding hydrogens is 386 g/mol. The zero-order valence-corrected chi connectivity index (χ0v) is 17.3. The Labute approximate surface area is 176 Å². The molecule has 0 radical (unpaired) electrons. The van der Waals surface area contributed by atoms with Crippen LogP contribution in [0, 0.1) is 0 Å². The van der Waals surface area contributed by atoms with Crippen molar-refractivity contribution < 1.29 is 14.3 Å². The largest absolute Gasteiger partial charge is 0.459 e. The predicted octanol–water partition coefficient (Wildman–Crippen LogP) is 5.65. The van der Waals surface area contributed by atoms with Crippen LogP contribution in [-0.2, 0) is 16.1 Å². The van der Waals surface area contributed by atoms with Crippen LogP contribution in [0.4, 0.5) is 5.69 Å². The Kier molecular flexibility index (Phi) is 7.14. The van der Waals surface area contributed by atoms with Gasteiger partial charge in [-0.05, 0) is 48.9 Å². The molecule has 0 amide bonds. The van der Waals surface area contributed by atoms with Crippen molar-refractivity contribution in [3.8, 4) is 11.5 Å². The molecule has 0 heterocycles. The second kappa shape index (κ2) is 9.99. The van der Waals surface area contributed by atoms with Gasteiger partial charge in [0, 0.05) is 12.7 Å². The molecule has 4 nitrogen and oxygen atoms in total. The lowest BCUT2D eigenvalue weighted by molar-refractivity contribution is -0.146. The van der Waals surface area contributed by atoms with Crippen LogP contribution in [0.15, 0.2) is 84.9 Å². The summed E-state index contributed by atoms with van der Waals surface area (Å²) in [5, 5.41) is -0.416. The van der Waals surface area contributed by atoms with E-state index in [9.17, 15) is 4.79 Å². The summed E-state index contributed by atoms with van der Waals surface area (Å²) in [5.41, 5.74) is 1.75. The van der Waals surface area contributed by atoms with E-state index < -0.39 is 11.4 Å². The van der Waals surface area contributed by atoms with E-state index in [2.05, 4.69) is 0 Å². The van der Waals surface area contributed by atoms with Crippen molar-refractivity contribution in [2.45, 2.75) is 24.9 Å². The fourth-order valence-electron chi connectivity index (χ4n) is 3.04. The van der Waals surface area contributed by atoms with E-state index >= 15 is 0 Å². The van der Waals surface area contributed by atoms with Gasteiger partial charge in [0.2, 0.25) is 0 Å². The number of likely N-dealkylation sites (N-methyl/N-ethyl adjacent to an activating group) is 1. The minimum Gasteiger partial charge on any atom is -0.459 e. The predicted molar refractivity (Wildman–Crippen MR) is 117 cm³/mol. The Balaban J connectivity index is 1.65. The van der Waals surface area contributed by atoms with Crippen LogP contribution in [0.3, 0.4) is 0 Å². The highest BCUT2D eigenvalue weighted by atomic mass is 35.5. The second-order valence-corrected chi connectivity index (χ2v) is 7.43. The van der Waals surface area contributed by atoms with Gasteiger partial charge < -0.3 is 14.4 Å². The molecule has 0 bridgehead atoms. The normalized spacial score (nSPS) is 12.7. The number of carbonyl (C=O) groups is 1.